The standard InChI is InChI=1S/C19H30O4/c1-7-18(6)14(9-8-10-15(20)23-18)22-16(21)19(11-13(2)3)12-17(19,4)5/h11,14H,7-10,12H2,1-6H3. The van der Waals surface area contributed by atoms with Crippen molar-refractivity contribution in [3.63, 3.8) is 0 Å². The van der Waals surface area contributed by atoms with Crippen LogP contribution in [-0.2, 0) is 19.1 Å². The summed E-state index contributed by atoms with van der Waals surface area (Å²) in [5.41, 5.74) is -0.213. The number of hydrogen-bond acceptors (Lipinski definition) is 4. The van der Waals surface area contributed by atoms with Gasteiger partial charge >= 0.3 is 11.9 Å². The Kier molecular flexibility index (Phi) is 4.67. The summed E-state index contributed by atoms with van der Waals surface area (Å²) in [7, 11) is 0. The molecular formula is C19H30O4. The van der Waals surface area contributed by atoms with Crippen molar-refractivity contribution in [2.24, 2.45) is 10.8 Å². The van der Waals surface area contributed by atoms with E-state index in [1.807, 2.05) is 33.8 Å². The highest BCUT2D eigenvalue weighted by atomic mass is 16.6. The van der Waals surface area contributed by atoms with E-state index in [1.165, 1.54) is 0 Å². The number of hydrogen-bond donors (Lipinski definition) is 0. The summed E-state index contributed by atoms with van der Waals surface area (Å²) in [5.74, 6) is -0.370. The Balaban J connectivity index is 2.21. The summed E-state index contributed by atoms with van der Waals surface area (Å²) < 4.78 is 11.5. The number of allylic oxidation sites excluding steroid dienone is 1. The van der Waals surface area contributed by atoms with Crippen LogP contribution in [0.1, 0.15) is 73.6 Å². The Morgan fingerprint density at radius 3 is 2.43 bits per heavy atom. The summed E-state index contributed by atoms with van der Waals surface area (Å²) >= 11 is 0. The van der Waals surface area contributed by atoms with Crippen molar-refractivity contribution in [3.05, 3.63) is 11.6 Å². The first-order valence-electron chi connectivity index (χ1n) is 8.65. The van der Waals surface area contributed by atoms with Gasteiger partial charge in [0.25, 0.3) is 0 Å². The SMILES string of the molecule is CCC1(C)OC(=O)CCCC1OC(=O)C1(C=C(C)C)CC1(C)C. The maximum atomic E-state index is 12.9. The van der Waals surface area contributed by atoms with Crippen molar-refractivity contribution in [2.45, 2.75) is 85.4 Å². The van der Waals surface area contributed by atoms with Crippen molar-refractivity contribution < 1.29 is 19.1 Å². The molecule has 130 valence electrons. The molecule has 1 saturated heterocycles. The Morgan fingerprint density at radius 2 is 1.96 bits per heavy atom. The van der Waals surface area contributed by atoms with Gasteiger partial charge < -0.3 is 9.47 Å². The molecule has 0 aromatic rings. The predicted molar refractivity (Wildman–Crippen MR) is 88.8 cm³/mol. The van der Waals surface area contributed by atoms with Crippen molar-refractivity contribution in [1.29, 1.82) is 0 Å². The molecule has 23 heavy (non-hydrogen) atoms. The van der Waals surface area contributed by atoms with Gasteiger partial charge in [-0.1, -0.05) is 32.4 Å². The van der Waals surface area contributed by atoms with Crippen LogP contribution in [0.5, 0.6) is 0 Å². The van der Waals surface area contributed by atoms with Crippen LogP contribution in [-0.4, -0.2) is 23.6 Å². The van der Waals surface area contributed by atoms with Crippen LogP contribution in [0.3, 0.4) is 0 Å². The van der Waals surface area contributed by atoms with Gasteiger partial charge in [0.2, 0.25) is 0 Å². The second-order valence-corrected chi connectivity index (χ2v) is 8.18. The van der Waals surface area contributed by atoms with Crippen LogP contribution < -0.4 is 0 Å². The van der Waals surface area contributed by atoms with E-state index in [-0.39, 0.29) is 23.5 Å². The highest BCUT2D eigenvalue weighted by Crippen LogP contribution is 2.65. The summed E-state index contributed by atoms with van der Waals surface area (Å²) in [6, 6.07) is 0. The molecule has 2 rings (SSSR count). The fourth-order valence-corrected chi connectivity index (χ4v) is 3.63. The van der Waals surface area contributed by atoms with Gasteiger partial charge in [-0.2, -0.15) is 0 Å². The third kappa shape index (κ3) is 3.31. The molecule has 4 nitrogen and oxygen atoms in total. The van der Waals surface area contributed by atoms with Gasteiger partial charge in [0, 0.05) is 6.42 Å². The molecule has 2 fully saturated rings. The average Bonchev–Trinajstić information content (AvgIpc) is 3.01. The van der Waals surface area contributed by atoms with E-state index in [1.54, 1.807) is 0 Å². The van der Waals surface area contributed by atoms with E-state index in [0.29, 0.717) is 25.7 Å². The molecule has 0 aromatic heterocycles. The third-order valence-electron chi connectivity index (χ3n) is 5.53. The highest BCUT2D eigenvalue weighted by molar-refractivity contribution is 5.84. The molecule has 4 heteroatoms. The van der Waals surface area contributed by atoms with Crippen LogP contribution >= 0.6 is 0 Å². The molecule has 1 heterocycles. The van der Waals surface area contributed by atoms with Gasteiger partial charge in [-0.05, 0) is 51.9 Å². The van der Waals surface area contributed by atoms with Crippen molar-refractivity contribution in [2.75, 3.05) is 0 Å². The molecule has 3 unspecified atom stereocenters. The lowest BCUT2D eigenvalue weighted by atomic mass is 9.91. The molecular weight excluding hydrogens is 292 g/mol. The van der Waals surface area contributed by atoms with Crippen LogP contribution in [0.25, 0.3) is 0 Å². The second kappa shape index (κ2) is 5.95. The summed E-state index contributed by atoms with van der Waals surface area (Å²) in [4.78, 5) is 24.7. The number of ether oxygens (including phenoxy) is 2. The molecule has 1 aliphatic heterocycles. The van der Waals surface area contributed by atoms with Crippen LogP contribution in [0, 0.1) is 10.8 Å². The first kappa shape index (κ1) is 18.0. The zero-order chi connectivity index (χ0) is 17.5. The second-order valence-electron chi connectivity index (χ2n) is 8.18. The summed E-state index contributed by atoms with van der Waals surface area (Å²) in [5, 5.41) is 0. The zero-order valence-corrected chi connectivity index (χ0v) is 15.3. The number of carbonyl (C=O) groups is 2. The van der Waals surface area contributed by atoms with Crippen molar-refractivity contribution in [1.82, 2.24) is 0 Å². The zero-order valence-electron chi connectivity index (χ0n) is 15.3. The maximum absolute atomic E-state index is 12.9. The lowest BCUT2D eigenvalue weighted by molar-refractivity contribution is -0.184. The Labute approximate surface area is 139 Å². The molecule has 1 saturated carbocycles. The molecule has 0 spiro atoms. The fourth-order valence-electron chi connectivity index (χ4n) is 3.63. The lowest BCUT2D eigenvalue weighted by Gasteiger charge is -2.35. The van der Waals surface area contributed by atoms with E-state index in [4.69, 9.17) is 9.47 Å². The van der Waals surface area contributed by atoms with Crippen LogP contribution in [0.4, 0.5) is 0 Å². The largest absolute Gasteiger partial charge is 0.457 e. The summed E-state index contributed by atoms with van der Waals surface area (Å²) in [6.45, 7) is 12.0. The molecule has 1 aliphatic carbocycles. The predicted octanol–water partition coefficient (Wildman–Crippen LogP) is 4.18. The molecule has 0 bridgehead atoms. The van der Waals surface area contributed by atoms with Gasteiger partial charge in [0.05, 0.1) is 5.41 Å². The van der Waals surface area contributed by atoms with Gasteiger partial charge in [-0.3, -0.25) is 9.59 Å². The minimum absolute atomic E-state index is 0.0780. The number of rotatable bonds is 4. The Bertz CT molecular complexity index is 529. The van der Waals surface area contributed by atoms with Gasteiger partial charge in [-0.15, -0.1) is 0 Å². The van der Waals surface area contributed by atoms with E-state index in [0.717, 1.165) is 12.0 Å². The number of carbonyl (C=O) groups excluding carboxylic acids is 2. The Morgan fingerprint density at radius 1 is 1.35 bits per heavy atom. The third-order valence-corrected chi connectivity index (χ3v) is 5.53. The minimum Gasteiger partial charge on any atom is -0.457 e. The highest BCUT2D eigenvalue weighted by Gasteiger charge is 2.66. The molecule has 2 aliphatic rings. The summed E-state index contributed by atoms with van der Waals surface area (Å²) in [6.07, 6.45) is 4.88. The van der Waals surface area contributed by atoms with E-state index < -0.39 is 11.0 Å². The van der Waals surface area contributed by atoms with E-state index in [9.17, 15) is 9.59 Å². The van der Waals surface area contributed by atoms with Gasteiger partial charge in [-0.25, -0.2) is 0 Å². The monoisotopic (exact) mass is 322 g/mol. The van der Waals surface area contributed by atoms with Gasteiger partial charge in [0.15, 0.2) is 0 Å². The normalized spacial score (nSPS) is 35.7. The number of esters is 2. The molecule has 3 atom stereocenters. The molecule has 0 amide bonds. The van der Waals surface area contributed by atoms with Crippen LogP contribution in [0.2, 0.25) is 0 Å². The van der Waals surface area contributed by atoms with Crippen LogP contribution in [0.15, 0.2) is 11.6 Å². The topological polar surface area (TPSA) is 52.6 Å². The van der Waals surface area contributed by atoms with Crippen molar-refractivity contribution in [3.8, 4) is 0 Å². The lowest BCUT2D eigenvalue weighted by Crippen LogP contribution is -2.45. The minimum atomic E-state index is -0.728. The van der Waals surface area contributed by atoms with Crippen molar-refractivity contribution >= 4 is 11.9 Å². The smallest absolute Gasteiger partial charge is 0.316 e. The molecule has 0 aromatic carbocycles. The first-order valence-corrected chi connectivity index (χ1v) is 8.65. The average molecular weight is 322 g/mol. The van der Waals surface area contributed by atoms with Gasteiger partial charge in [0.1, 0.15) is 11.7 Å². The maximum Gasteiger partial charge on any atom is 0.316 e. The fraction of sp³-hybridized carbons (Fsp3) is 0.789. The Hall–Kier alpha value is -1.32. The first-order chi connectivity index (χ1) is 10.6. The van der Waals surface area contributed by atoms with E-state index >= 15 is 0 Å². The van der Waals surface area contributed by atoms with E-state index in [2.05, 4.69) is 13.8 Å². The number of cyclic esters (lactones) is 1. The molecule has 0 N–H and O–H groups in total. The molecule has 0 radical (unpaired) electrons. The quantitative estimate of drug-likeness (QED) is 0.575.